The zero-order valence-corrected chi connectivity index (χ0v) is 18.8. The fourth-order valence-corrected chi connectivity index (χ4v) is 3.92. The van der Waals surface area contributed by atoms with Crippen LogP contribution in [0.2, 0.25) is 0 Å². The molecule has 7 nitrogen and oxygen atoms in total. The zero-order valence-electron chi connectivity index (χ0n) is 18.8. The number of hydrogen-bond acceptors (Lipinski definition) is 6. The van der Waals surface area contributed by atoms with Crippen molar-refractivity contribution in [1.82, 2.24) is 5.32 Å². The highest BCUT2D eigenvalue weighted by molar-refractivity contribution is 6.00. The van der Waals surface area contributed by atoms with Crippen molar-refractivity contribution < 1.29 is 23.5 Å². The lowest BCUT2D eigenvalue weighted by Crippen LogP contribution is -2.48. The summed E-state index contributed by atoms with van der Waals surface area (Å²) >= 11 is 0. The lowest BCUT2D eigenvalue weighted by molar-refractivity contribution is -0.308. The minimum atomic E-state index is -1.34. The molecule has 2 heterocycles. The highest BCUT2D eigenvalue weighted by Gasteiger charge is 2.24. The normalized spacial score (nSPS) is 13.0. The molecule has 7 heteroatoms. The topological polar surface area (TPSA) is 113 Å². The first-order chi connectivity index (χ1) is 14.5. The fraction of sp³-hybridized carbons (Fsp3) is 0.458. The van der Waals surface area contributed by atoms with Gasteiger partial charge in [0.2, 0.25) is 5.91 Å². The molecule has 0 saturated heterocycles. The molecule has 0 fully saturated rings. The van der Waals surface area contributed by atoms with E-state index in [1.165, 1.54) is 0 Å². The predicted molar refractivity (Wildman–Crippen MR) is 116 cm³/mol. The van der Waals surface area contributed by atoms with Crippen molar-refractivity contribution >= 4 is 33.8 Å². The van der Waals surface area contributed by atoms with E-state index in [0.29, 0.717) is 23.2 Å². The van der Waals surface area contributed by atoms with E-state index in [0.717, 1.165) is 21.9 Å². The summed E-state index contributed by atoms with van der Waals surface area (Å²) in [5, 5.41) is 15.3. The van der Waals surface area contributed by atoms with Crippen LogP contribution in [0.25, 0.3) is 21.9 Å². The maximum Gasteiger partial charge on any atom is 0.340 e. The second-order valence-corrected chi connectivity index (χ2v) is 9.05. The number of amides is 1. The SMILES string of the molecule is CCC[C@H](NC(=O)Cc1c(C)c2cc3c(C(C)(C)C)coc3c(C)c2oc1=O)C(=O)[O-]. The molecule has 0 aliphatic rings. The summed E-state index contributed by atoms with van der Waals surface area (Å²) in [6.45, 7) is 11.7. The molecule has 0 spiro atoms. The molecule has 166 valence electrons. The highest BCUT2D eigenvalue weighted by atomic mass is 16.4. The van der Waals surface area contributed by atoms with Gasteiger partial charge in [0.25, 0.3) is 0 Å². The molecule has 0 bridgehead atoms. The number of carbonyl (C=O) groups excluding carboxylic acids is 2. The summed E-state index contributed by atoms with van der Waals surface area (Å²) in [5.41, 5.74) is 2.93. The first kappa shape index (κ1) is 22.6. The fourth-order valence-electron chi connectivity index (χ4n) is 3.92. The van der Waals surface area contributed by atoms with Crippen molar-refractivity contribution in [3.05, 3.63) is 45.0 Å². The third-order valence-corrected chi connectivity index (χ3v) is 5.68. The Kier molecular flexibility index (Phi) is 5.98. The minimum Gasteiger partial charge on any atom is -0.548 e. The van der Waals surface area contributed by atoms with Crippen LogP contribution in [0.5, 0.6) is 0 Å². The first-order valence-electron chi connectivity index (χ1n) is 10.4. The number of aryl methyl sites for hydroxylation is 2. The standard InChI is InChI=1S/C24H29NO6/c1-7-8-18(22(27)28)25-19(26)10-15-12(2)14-9-16-17(24(4,5)6)11-30-20(16)13(3)21(14)31-23(15)29/h9,11,18H,7-8,10H2,1-6H3,(H,25,26)(H,27,28)/p-1/t18-/m0/s1. The van der Waals surface area contributed by atoms with Gasteiger partial charge in [0, 0.05) is 21.9 Å². The van der Waals surface area contributed by atoms with Gasteiger partial charge in [-0.2, -0.15) is 0 Å². The van der Waals surface area contributed by atoms with E-state index in [1.54, 1.807) is 13.2 Å². The quantitative estimate of drug-likeness (QED) is 0.606. The molecule has 1 atom stereocenters. The number of carboxylic acids is 1. The van der Waals surface area contributed by atoms with Crippen molar-refractivity contribution in [3.63, 3.8) is 0 Å². The monoisotopic (exact) mass is 426 g/mol. The van der Waals surface area contributed by atoms with E-state index in [4.69, 9.17) is 8.83 Å². The van der Waals surface area contributed by atoms with Crippen LogP contribution in [-0.2, 0) is 21.4 Å². The number of fused-ring (bicyclic) bond motifs is 2. The molecule has 3 rings (SSSR count). The lowest BCUT2D eigenvalue weighted by atomic mass is 9.86. The number of aliphatic carboxylic acids is 1. The van der Waals surface area contributed by atoms with Gasteiger partial charge < -0.3 is 24.1 Å². The summed E-state index contributed by atoms with van der Waals surface area (Å²) in [4.78, 5) is 36.4. The largest absolute Gasteiger partial charge is 0.548 e. The molecule has 0 aliphatic carbocycles. The molecule has 3 aromatic rings. The number of benzene rings is 1. The summed E-state index contributed by atoms with van der Waals surface area (Å²) in [6.07, 6.45) is 2.29. The molecule has 0 radical (unpaired) electrons. The van der Waals surface area contributed by atoms with E-state index in [-0.39, 0.29) is 23.8 Å². The molecule has 0 aliphatic heterocycles. The van der Waals surface area contributed by atoms with Crippen LogP contribution in [-0.4, -0.2) is 17.9 Å². The summed E-state index contributed by atoms with van der Waals surface area (Å²) < 4.78 is 11.4. The Morgan fingerprint density at radius 3 is 2.39 bits per heavy atom. The maximum absolute atomic E-state index is 12.7. The number of rotatable bonds is 6. The third kappa shape index (κ3) is 4.22. The van der Waals surface area contributed by atoms with Crippen molar-refractivity contribution in [2.24, 2.45) is 0 Å². The maximum atomic E-state index is 12.7. The van der Waals surface area contributed by atoms with Gasteiger partial charge in [-0.1, -0.05) is 34.1 Å². The van der Waals surface area contributed by atoms with Crippen molar-refractivity contribution in [2.45, 2.75) is 72.3 Å². The van der Waals surface area contributed by atoms with Gasteiger partial charge in [0.1, 0.15) is 11.2 Å². The molecule has 2 aromatic heterocycles. The smallest absolute Gasteiger partial charge is 0.340 e. The van der Waals surface area contributed by atoms with Gasteiger partial charge in [-0.25, -0.2) is 4.79 Å². The van der Waals surface area contributed by atoms with Crippen LogP contribution in [0.15, 0.2) is 26.0 Å². The van der Waals surface area contributed by atoms with E-state index in [2.05, 4.69) is 26.1 Å². The molecule has 0 saturated carbocycles. The second kappa shape index (κ2) is 8.21. The predicted octanol–water partition coefficient (Wildman–Crippen LogP) is 3.03. The Morgan fingerprint density at radius 2 is 1.81 bits per heavy atom. The minimum absolute atomic E-state index is 0.142. The second-order valence-electron chi connectivity index (χ2n) is 9.05. The molecular weight excluding hydrogens is 398 g/mol. The molecule has 31 heavy (non-hydrogen) atoms. The van der Waals surface area contributed by atoms with Crippen LogP contribution < -0.4 is 16.0 Å². The zero-order chi connectivity index (χ0) is 23.1. The molecule has 1 N–H and O–H groups in total. The van der Waals surface area contributed by atoms with Gasteiger partial charge in [-0.3, -0.25) is 4.79 Å². The van der Waals surface area contributed by atoms with E-state index in [9.17, 15) is 19.5 Å². The van der Waals surface area contributed by atoms with Crippen LogP contribution in [0, 0.1) is 13.8 Å². The van der Waals surface area contributed by atoms with Gasteiger partial charge in [-0.05, 0) is 37.3 Å². The number of carbonyl (C=O) groups is 2. The molecule has 1 aromatic carbocycles. The summed E-state index contributed by atoms with van der Waals surface area (Å²) in [5.74, 6) is -1.90. The van der Waals surface area contributed by atoms with Crippen LogP contribution in [0.1, 0.15) is 62.8 Å². The van der Waals surface area contributed by atoms with E-state index >= 15 is 0 Å². The van der Waals surface area contributed by atoms with Crippen LogP contribution in [0.4, 0.5) is 0 Å². The highest BCUT2D eigenvalue weighted by Crippen LogP contribution is 2.37. The Labute approximate surface area is 180 Å². The van der Waals surface area contributed by atoms with Crippen LogP contribution >= 0.6 is 0 Å². The number of carboxylic acid groups (broad SMARTS) is 1. The van der Waals surface area contributed by atoms with E-state index < -0.39 is 23.5 Å². The number of nitrogens with one attached hydrogen (secondary N) is 1. The Hall–Kier alpha value is -3.09. The first-order valence-corrected chi connectivity index (χ1v) is 10.4. The average molecular weight is 426 g/mol. The Bertz CT molecular complexity index is 1230. The summed E-state index contributed by atoms with van der Waals surface area (Å²) in [6, 6.07) is 0.843. The molecule has 1 amide bonds. The lowest BCUT2D eigenvalue weighted by Gasteiger charge is -2.19. The molecular formula is C24H28NO6-. The van der Waals surface area contributed by atoms with Crippen molar-refractivity contribution in [3.8, 4) is 0 Å². The van der Waals surface area contributed by atoms with Crippen molar-refractivity contribution in [2.75, 3.05) is 0 Å². The third-order valence-electron chi connectivity index (χ3n) is 5.68. The Balaban J connectivity index is 2.09. The number of hydrogen-bond donors (Lipinski definition) is 1. The average Bonchev–Trinajstić information content (AvgIpc) is 3.10. The van der Waals surface area contributed by atoms with Gasteiger partial charge in [-0.15, -0.1) is 0 Å². The van der Waals surface area contributed by atoms with Crippen LogP contribution in [0.3, 0.4) is 0 Å². The number of furan rings is 1. The van der Waals surface area contributed by atoms with Gasteiger partial charge in [0.05, 0.1) is 30.3 Å². The van der Waals surface area contributed by atoms with E-state index in [1.807, 2.05) is 19.9 Å². The Morgan fingerprint density at radius 1 is 1.13 bits per heavy atom. The summed E-state index contributed by atoms with van der Waals surface area (Å²) in [7, 11) is 0. The molecule has 0 unspecified atom stereocenters. The van der Waals surface area contributed by atoms with Crippen molar-refractivity contribution in [1.29, 1.82) is 0 Å². The van der Waals surface area contributed by atoms with Gasteiger partial charge in [0.15, 0.2) is 0 Å². The van der Waals surface area contributed by atoms with Gasteiger partial charge >= 0.3 is 5.63 Å².